The van der Waals surface area contributed by atoms with Crippen molar-refractivity contribution in [3.8, 4) is 0 Å². The molecule has 2 heteroatoms. The molecule has 2 rings (SSSR count). The molecule has 1 atom stereocenters. The molecule has 100 valence electrons. The van der Waals surface area contributed by atoms with Crippen molar-refractivity contribution in [3.05, 3.63) is 0 Å². The lowest BCUT2D eigenvalue weighted by molar-refractivity contribution is 0.0664. The second-order valence-corrected chi connectivity index (χ2v) is 6.72. The van der Waals surface area contributed by atoms with E-state index in [9.17, 15) is 0 Å². The van der Waals surface area contributed by atoms with E-state index >= 15 is 0 Å². The zero-order valence-electron chi connectivity index (χ0n) is 12.0. The molecule has 2 nitrogen and oxygen atoms in total. The monoisotopic (exact) mass is 238 g/mol. The molecule has 1 spiro atoms. The van der Waals surface area contributed by atoms with Crippen molar-refractivity contribution < 1.29 is 0 Å². The Morgan fingerprint density at radius 3 is 2.47 bits per heavy atom. The van der Waals surface area contributed by atoms with Gasteiger partial charge in [0, 0.05) is 31.2 Å². The van der Waals surface area contributed by atoms with Crippen LogP contribution < -0.4 is 5.32 Å². The molecule has 1 saturated carbocycles. The molecule has 0 aromatic carbocycles. The van der Waals surface area contributed by atoms with Crippen LogP contribution in [-0.4, -0.2) is 36.1 Å². The van der Waals surface area contributed by atoms with Crippen LogP contribution in [0.15, 0.2) is 0 Å². The first-order valence-electron chi connectivity index (χ1n) is 7.60. The molecule has 17 heavy (non-hydrogen) atoms. The summed E-state index contributed by atoms with van der Waals surface area (Å²) in [5, 5.41) is 3.83. The summed E-state index contributed by atoms with van der Waals surface area (Å²) in [4.78, 5) is 2.74. The van der Waals surface area contributed by atoms with Crippen LogP contribution in [0.25, 0.3) is 0 Å². The summed E-state index contributed by atoms with van der Waals surface area (Å²) in [6.45, 7) is 10.8. The highest BCUT2D eigenvalue weighted by Crippen LogP contribution is 2.31. The molecule has 0 aromatic heterocycles. The average Bonchev–Trinajstić information content (AvgIpc) is 2.29. The maximum atomic E-state index is 3.83. The fraction of sp³-hybridized carbons (Fsp3) is 1.00. The first kappa shape index (κ1) is 13.4. The zero-order valence-corrected chi connectivity index (χ0v) is 12.0. The van der Waals surface area contributed by atoms with Crippen molar-refractivity contribution in [2.24, 2.45) is 5.92 Å². The molecule has 1 unspecified atom stereocenters. The molecule has 1 aliphatic heterocycles. The summed E-state index contributed by atoms with van der Waals surface area (Å²) >= 11 is 0. The van der Waals surface area contributed by atoms with Crippen LogP contribution in [-0.2, 0) is 0 Å². The van der Waals surface area contributed by atoms with Crippen molar-refractivity contribution >= 4 is 0 Å². The molecular weight excluding hydrogens is 208 g/mol. The maximum absolute atomic E-state index is 3.83. The minimum atomic E-state index is 0.474. The van der Waals surface area contributed by atoms with Gasteiger partial charge in [0.15, 0.2) is 0 Å². The van der Waals surface area contributed by atoms with E-state index in [0.29, 0.717) is 5.54 Å². The topological polar surface area (TPSA) is 15.3 Å². The molecule has 2 aliphatic rings. The van der Waals surface area contributed by atoms with Crippen LogP contribution in [0.4, 0.5) is 0 Å². The number of piperazine rings is 1. The second-order valence-electron chi connectivity index (χ2n) is 6.72. The lowest BCUT2D eigenvalue weighted by Crippen LogP contribution is -2.62. The summed E-state index contributed by atoms with van der Waals surface area (Å²) in [7, 11) is 0. The quantitative estimate of drug-likeness (QED) is 0.813. The molecule has 0 radical (unpaired) electrons. The summed E-state index contributed by atoms with van der Waals surface area (Å²) in [6.07, 6.45) is 8.45. The van der Waals surface area contributed by atoms with Gasteiger partial charge < -0.3 is 5.32 Å². The van der Waals surface area contributed by atoms with E-state index in [1.54, 1.807) is 0 Å². The molecule has 1 aliphatic carbocycles. The van der Waals surface area contributed by atoms with Gasteiger partial charge in [-0.2, -0.15) is 0 Å². The fourth-order valence-electron chi connectivity index (χ4n) is 3.76. The summed E-state index contributed by atoms with van der Waals surface area (Å²) in [5.74, 6) is 0.821. The third-order valence-corrected chi connectivity index (χ3v) is 4.65. The van der Waals surface area contributed by atoms with E-state index in [1.807, 2.05) is 0 Å². The largest absolute Gasteiger partial charge is 0.309 e. The van der Waals surface area contributed by atoms with E-state index < -0.39 is 0 Å². The molecule has 2 fully saturated rings. The smallest absolute Gasteiger partial charge is 0.0309 e. The Kier molecular flexibility index (Phi) is 4.48. The minimum absolute atomic E-state index is 0.474. The van der Waals surface area contributed by atoms with Crippen LogP contribution in [0.1, 0.15) is 59.3 Å². The Hall–Kier alpha value is -0.0800. The Labute approximate surface area is 107 Å². The Bertz CT molecular complexity index is 226. The first-order chi connectivity index (χ1) is 8.11. The Morgan fingerprint density at radius 2 is 1.82 bits per heavy atom. The maximum Gasteiger partial charge on any atom is 0.0309 e. The molecule has 0 bridgehead atoms. The van der Waals surface area contributed by atoms with Gasteiger partial charge in [0.25, 0.3) is 0 Å². The standard InChI is InChI=1S/C15H30N2/c1-13(2)11-14(3)17-10-9-16-15(12-17)7-5-4-6-8-15/h13-14,16H,4-12H2,1-3H3. The second kappa shape index (κ2) is 5.71. The van der Waals surface area contributed by atoms with Gasteiger partial charge >= 0.3 is 0 Å². The molecular formula is C15H30N2. The molecule has 0 aromatic rings. The van der Waals surface area contributed by atoms with Gasteiger partial charge in [-0.05, 0) is 32.1 Å². The van der Waals surface area contributed by atoms with Crippen molar-refractivity contribution in [2.45, 2.75) is 70.9 Å². The van der Waals surface area contributed by atoms with Crippen LogP contribution in [0, 0.1) is 5.92 Å². The van der Waals surface area contributed by atoms with Gasteiger partial charge in [-0.1, -0.05) is 33.1 Å². The van der Waals surface area contributed by atoms with Gasteiger partial charge in [0.2, 0.25) is 0 Å². The molecule has 1 saturated heterocycles. The van der Waals surface area contributed by atoms with Crippen molar-refractivity contribution in [1.29, 1.82) is 0 Å². The highest BCUT2D eigenvalue weighted by Gasteiger charge is 2.37. The predicted octanol–water partition coefficient (Wildman–Crippen LogP) is 3.03. The average molecular weight is 238 g/mol. The zero-order chi connectivity index (χ0) is 12.3. The van der Waals surface area contributed by atoms with Crippen LogP contribution in [0.5, 0.6) is 0 Å². The highest BCUT2D eigenvalue weighted by molar-refractivity contribution is 4.97. The van der Waals surface area contributed by atoms with Gasteiger partial charge in [0.05, 0.1) is 0 Å². The molecule has 0 amide bonds. The lowest BCUT2D eigenvalue weighted by atomic mass is 9.79. The number of rotatable bonds is 3. The van der Waals surface area contributed by atoms with E-state index in [-0.39, 0.29) is 0 Å². The number of hydrogen-bond donors (Lipinski definition) is 1. The third-order valence-electron chi connectivity index (χ3n) is 4.65. The van der Waals surface area contributed by atoms with Gasteiger partial charge in [-0.25, -0.2) is 0 Å². The van der Waals surface area contributed by atoms with Gasteiger partial charge in [0.1, 0.15) is 0 Å². The third kappa shape index (κ3) is 3.45. The minimum Gasteiger partial charge on any atom is -0.309 e. The Balaban J connectivity index is 1.91. The van der Waals surface area contributed by atoms with Gasteiger partial charge in [-0.3, -0.25) is 4.90 Å². The van der Waals surface area contributed by atoms with Gasteiger partial charge in [-0.15, -0.1) is 0 Å². The number of hydrogen-bond acceptors (Lipinski definition) is 2. The lowest BCUT2D eigenvalue weighted by Gasteiger charge is -2.48. The summed E-state index contributed by atoms with van der Waals surface area (Å²) in [5.41, 5.74) is 0.474. The van der Waals surface area contributed by atoms with E-state index in [2.05, 4.69) is 31.0 Å². The van der Waals surface area contributed by atoms with E-state index in [0.717, 1.165) is 12.0 Å². The van der Waals surface area contributed by atoms with Crippen LogP contribution >= 0.6 is 0 Å². The van der Waals surface area contributed by atoms with Crippen molar-refractivity contribution in [3.63, 3.8) is 0 Å². The highest BCUT2D eigenvalue weighted by atomic mass is 15.2. The summed E-state index contributed by atoms with van der Waals surface area (Å²) < 4.78 is 0. The number of nitrogens with zero attached hydrogens (tertiary/aromatic N) is 1. The van der Waals surface area contributed by atoms with Crippen LogP contribution in [0.2, 0.25) is 0 Å². The normalized spacial score (nSPS) is 27.5. The SMILES string of the molecule is CC(C)CC(C)N1CCNC2(CCCCC2)C1. The van der Waals surface area contributed by atoms with Crippen molar-refractivity contribution in [2.75, 3.05) is 19.6 Å². The van der Waals surface area contributed by atoms with E-state index in [4.69, 9.17) is 0 Å². The predicted molar refractivity (Wildman–Crippen MR) is 74.3 cm³/mol. The van der Waals surface area contributed by atoms with Crippen molar-refractivity contribution in [1.82, 2.24) is 10.2 Å². The molecule has 1 heterocycles. The fourth-order valence-corrected chi connectivity index (χ4v) is 3.76. The number of nitrogens with one attached hydrogen (secondary N) is 1. The van der Waals surface area contributed by atoms with E-state index in [1.165, 1.54) is 58.2 Å². The first-order valence-corrected chi connectivity index (χ1v) is 7.60. The molecule has 1 N–H and O–H groups in total. The Morgan fingerprint density at radius 1 is 1.12 bits per heavy atom. The van der Waals surface area contributed by atoms with Crippen LogP contribution in [0.3, 0.4) is 0 Å². The summed E-state index contributed by atoms with van der Waals surface area (Å²) in [6, 6.07) is 0.760.